The van der Waals surface area contributed by atoms with Gasteiger partial charge in [0.15, 0.2) is 0 Å². The summed E-state index contributed by atoms with van der Waals surface area (Å²) in [5.74, 6) is 0.376. The molecule has 0 bridgehead atoms. The number of amides is 1. The second-order valence-corrected chi connectivity index (χ2v) is 11.9. The molecule has 0 atom stereocenters. The molecule has 0 spiro atoms. The van der Waals surface area contributed by atoms with Gasteiger partial charge in [-0.05, 0) is 76.8 Å². The van der Waals surface area contributed by atoms with E-state index >= 15 is 0 Å². The van der Waals surface area contributed by atoms with Crippen LogP contribution in [0.15, 0.2) is 82.2 Å². The molecule has 0 heterocycles. The Balaban J connectivity index is 1.35. The Bertz CT molecular complexity index is 1270. The van der Waals surface area contributed by atoms with Crippen molar-refractivity contribution in [2.45, 2.75) is 49.5 Å². The van der Waals surface area contributed by atoms with E-state index in [9.17, 15) is 13.2 Å². The first-order valence-corrected chi connectivity index (χ1v) is 14.4. The van der Waals surface area contributed by atoms with Crippen LogP contribution >= 0.6 is 15.9 Å². The van der Waals surface area contributed by atoms with Crippen LogP contribution in [0.2, 0.25) is 0 Å². The number of carbonyl (C=O) groups excluding carboxylic acids is 1. The van der Waals surface area contributed by atoms with Crippen LogP contribution in [-0.4, -0.2) is 38.3 Å². The summed E-state index contributed by atoms with van der Waals surface area (Å²) >= 11 is 3.49. The zero-order chi connectivity index (χ0) is 25.5. The topological polar surface area (TPSA) is 75.7 Å². The van der Waals surface area contributed by atoms with Gasteiger partial charge in [-0.15, -0.1) is 0 Å². The molecule has 4 rings (SSSR count). The number of nitrogens with zero attached hydrogens (tertiary/aromatic N) is 1. The van der Waals surface area contributed by atoms with Gasteiger partial charge in [-0.3, -0.25) is 4.79 Å². The van der Waals surface area contributed by atoms with E-state index in [4.69, 9.17) is 4.74 Å². The van der Waals surface area contributed by atoms with Crippen LogP contribution in [0.4, 0.5) is 5.69 Å². The van der Waals surface area contributed by atoms with Crippen molar-refractivity contribution in [2.24, 2.45) is 0 Å². The van der Waals surface area contributed by atoms with Gasteiger partial charge in [0.2, 0.25) is 10.0 Å². The van der Waals surface area contributed by atoms with Crippen LogP contribution in [0, 0.1) is 0 Å². The van der Waals surface area contributed by atoms with Crippen LogP contribution in [0.25, 0.3) is 0 Å². The number of carbonyl (C=O) groups is 1. The van der Waals surface area contributed by atoms with Gasteiger partial charge in [-0.25, -0.2) is 8.42 Å². The SMILES string of the molecule is CN(C1CCCCC1)S(=O)(=O)c1ccc(NC(=O)c2ccc(OCCc3ccccc3)c(Br)c2)cc1. The molecule has 0 radical (unpaired) electrons. The fourth-order valence-electron chi connectivity index (χ4n) is 4.40. The van der Waals surface area contributed by atoms with Crippen molar-refractivity contribution in [3.8, 4) is 5.75 Å². The molecule has 0 saturated heterocycles. The van der Waals surface area contributed by atoms with Crippen LogP contribution in [-0.2, 0) is 16.4 Å². The molecule has 3 aromatic carbocycles. The Morgan fingerprint density at radius 2 is 1.69 bits per heavy atom. The molecule has 3 aromatic rings. The molecule has 1 N–H and O–H groups in total. The quantitative estimate of drug-likeness (QED) is 0.328. The van der Waals surface area contributed by atoms with Gasteiger partial charge in [0, 0.05) is 30.8 Å². The second kappa shape index (κ2) is 12.0. The summed E-state index contributed by atoms with van der Waals surface area (Å²) in [4.78, 5) is 13.0. The van der Waals surface area contributed by atoms with Crippen molar-refractivity contribution in [3.63, 3.8) is 0 Å². The third-order valence-corrected chi connectivity index (χ3v) is 9.11. The van der Waals surface area contributed by atoms with Gasteiger partial charge in [0.1, 0.15) is 5.75 Å². The summed E-state index contributed by atoms with van der Waals surface area (Å²) in [5, 5.41) is 2.83. The second-order valence-electron chi connectivity index (χ2n) is 9.02. The fraction of sp³-hybridized carbons (Fsp3) is 0.321. The highest BCUT2D eigenvalue weighted by atomic mass is 79.9. The number of benzene rings is 3. The Morgan fingerprint density at radius 1 is 1.00 bits per heavy atom. The van der Waals surface area contributed by atoms with E-state index in [-0.39, 0.29) is 16.8 Å². The highest BCUT2D eigenvalue weighted by Crippen LogP contribution is 2.28. The van der Waals surface area contributed by atoms with E-state index < -0.39 is 10.0 Å². The lowest BCUT2D eigenvalue weighted by Crippen LogP contribution is -2.38. The van der Waals surface area contributed by atoms with Crippen molar-refractivity contribution in [2.75, 3.05) is 19.0 Å². The first-order valence-electron chi connectivity index (χ1n) is 12.2. The highest BCUT2D eigenvalue weighted by Gasteiger charge is 2.29. The van der Waals surface area contributed by atoms with Crippen LogP contribution < -0.4 is 10.1 Å². The zero-order valence-corrected chi connectivity index (χ0v) is 22.7. The fourth-order valence-corrected chi connectivity index (χ4v) is 6.31. The maximum atomic E-state index is 13.0. The smallest absolute Gasteiger partial charge is 0.255 e. The van der Waals surface area contributed by atoms with Crippen molar-refractivity contribution in [3.05, 3.63) is 88.4 Å². The first-order chi connectivity index (χ1) is 17.3. The van der Waals surface area contributed by atoms with Crippen LogP contribution in [0.5, 0.6) is 5.75 Å². The molecule has 0 unspecified atom stereocenters. The van der Waals surface area contributed by atoms with Crippen molar-refractivity contribution in [1.82, 2.24) is 4.31 Å². The van der Waals surface area contributed by atoms with E-state index in [0.29, 0.717) is 28.1 Å². The molecule has 0 aromatic heterocycles. The minimum absolute atomic E-state index is 0.0480. The number of hydrogen-bond donors (Lipinski definition) is 1. The Morgan fingerprint density at radius 3 is 2.36 bits per heavy atom. The van der Waals surface area contributed by atoms with Crippen molar-refractivity contribution in [1.29, 1.82) is 0 Å². The number of rotatable bonds is 9. The molecule has 1 amide bonds. The Hall–Kier alpha value is -2.68. The van der Waals surface area contributed by atoms with Gasteiger partial charge in [-0.1, -0.05) is 49.6 Å². The van der Waals surface area contributed by atoms with Crippen LogP contribution in [0.3, 0.4) is 0 Å². The maximum Gasteiger partial charge on any atom is 0.255 e. The number of ether oxygens (including phenoxy) is 1. The average molecular weight is 572 g/mol. The molecule has 1 fully saturated rings. The molecular weight excluding hydrogens is 540 g/mol. The summed E-state index contributed by atoms with van der Waals surface area (Å²) in [5.41, 5.74) is 2.19. The van der Waals surface area contributed by atoms with E-state index in [1.165, 1.54) is 16.3 Å². The molecular formula is C28H31BrN2O4S. The lowest BCUT2D eigenvalue weighted by molar-refractivity contribution is 0.102. The first kappa shape index (κ1) is 26.4. The van der Waals surface area contributed by atoms with E-state index in [1.54, 1.807) is 49.5 Å². The van der Waals surface area contributed by atoms with Crippen LogP contribution in [0.1, 0.15) is 48.0 Å². The monoisotopic (exact) mass is 570 g/mol. The Kier molecular flexibility index (Phi) is 8.82. The molecule has 36 heavy (non-hydrogen) atoms. The highest BCUT2D eigenvalue weighted by molar-refractivity contribution is 9.10. The van der Waals surface area contributed by atoms with E-state index in [2.05, 4.69) is 33.4 Å². The summed E-state index contributed by atoms with van der Waals surface area (Å²) < 4.78 is 34.1. The van der Waals surface area contributed by atoms with Crippen molar-refractivity contribution < 1.29 is 17.9 Å². The molecule has 1 aliphatic rings. The number of hydrogen-bond acceptors (Lipinski definition) is 4. The normalized spacial score (nSPS) is 14.5. The predicted molar refractivity (Wildman–Crippen MR) is 146 cm³/mol. The van der Waals surface area contributed by atoms with Gasteiger partial charge in [-0.2, -0.15) is 4.31 Å². The molecule has 190 valence electrons. The molecule has 1 saturated carbocycles. The molecule has 8 heteroatoms. The predicted octanol–water partition coefficient (Wildman–Crippen LogP) is 6.28. The number of halogens is 1. The lowest BCUT2D eigenvalue weighted by atomic mass is 9.96. The van der Waals surface area contributed by atoms with E-state index in [1.807, 2.05) is 18.2 Å². The minimum atomic E-state index is -3.57. The lowest BCUT2D eigenvalue weighted by Gasteiger charge is -2.30. The number of anilines is 1. The van der Waals surface area contributed by atoms with Gasteiger partial charge in [0.25, 0.3) is 5.91 Å². The standard InChI is InChI=1S/C28H31BrN2O4S/c1-31(24-10-6-3-7-11-24)36(33,34)25-15-13-23(14-16-25)30-28(32)22-12-17-27(26(29)20-22)35-19-18-21-8-4-2-5-9-21/h2,4-5,8-9,12-17,20,24H,3,6-7,10-11,18-19H2,1H3,(H,30,32). The summed E-state index contributed by atoms with van der Waals surface area (Å²) in [7, 11) is -1.91. The molecule has 0 aliphatic heterocycles. The summed E-state index contributed by atoms with van der Waals surface area (Å²) in [6.45, 7) is 0.527. The van der Waals surface area contributed by atoms with E-state index in [0.717, 1.165) is 32.1 Å². The zero-order valence-electron chi connectivity index (χ0n) is 20.3. The van der Waals surface area contributed by atoms with Gasteiger partial charge in [0.05, 0.1) is 16.0 Å². The third kappa shape index (κ3) is 6.55. The molecule has 1 aliphatic carbocycles. The summed E-state index contributed by atoms with van der Waals surface area (Å²) in [6.07, 6.45) is 5.88. The largest absolute Gasteiger partial charge is 0.492 e. The maximum absolute atomic E-state index is 13.0. The number of sulfonamides is 1. The minimum Gasteiger partial charge on any atom is -0.492 e. The average Bonchev–Trinajstić information content (AvgIpc) is 2.90. The van der Waals surface area contributed by atoms with Crippen molar-refractivity contribution >= 4 is 37.5 Å². The third-order valence-electron chi connectivity index (χ3n) is 6.56. The number of nitrogens with one attached hydrogen (secondary N) is 1. The Labute approximate surface area is 221 Å². The van der Waals surface area contributed by atoms with Gasteiger partial charge < -0.3 is 10.1 Å². The summed E-state index contributed by atoms with van der Waals surface area (Å²) in [6, 6.07) is 21.7. The van der Waals surface area contributed by atoms with Gasteiger partial charge >= 0.3 is 0 Å². The molecule has 6 nitrogen and oxygen atoms in total.